The van der Waals surface area contributed by atoms with E-state index in [-0.39, 0.29) is 12.1 Å². The molecule has 6 heteroatoms. The van der Waals surface area contributed by atoms with Crippen LogP contribution in [0.15, 0.2) is 46.9 Å². The Morgan fingerprint density at radius 2 is 1.90 bits per heavy atom. The molecular formula is C23H29BrN2O3. The summed E-state index contributed by atoms with van der Waals surface area (Å²) >= 11 is 3.58. The third-order valence-electron chi connectivity index (χ3n) is 4.66. The van der Waals surface area contributed by atoms with Crippen LogP contribution in [0.1, 0.15) is 37.5 Å². The Bertz CT molecular complexity index is 843. The number of likely N-dealkylation sites (tertiary alicyclic amines) is 1. The van der Waals surface area contributed by atoms with Crippen LogP contribution in [0.4, 0.5) is 4.79 Å². The molecule has 0 saturated carbocycles. The van der Waals surface area contributed by atoms with E-state index in [1.54, 1.807) is 4.90 Å². The molecule has 0 aliphatic carbocycles. The van der Waals surface area contributed by atoms with Crippen LogP contribution in [0.2, 0.25) is 0 Å². The molecule has 1 amide bonds. The average Bonchev–Trinajstić information content (AvgIpc) is 2.58. The summed E-state index contributed by atoms with van der Waals surface area (Å²) in [5.74, 6) is 0.910. The van der Waals surface area contributed by atoms with Gasteiger partial charge < -0.3 is 19.7 Å². The molecule has 29 heavy (non-hydrogen) atoms. The molecule has 2 aromatic carbocycles. The zero-order valence-corrected chi connectivity index (χ0v) is 19.1. The van der Waals surface area contributed by atoms with Crippen LogP contribution in [-0.4, -0.2) is 35.7 Å². The van der Waals surface area contributed by atoms with Crippen molar-refractivity contribution in [3.63, 3.8) is 0 Å². The van der Waals surface area contributed by atoms with Gasteiger partial charge >= 0.3 is 6.09 Å². The van der Waals surface area contributed by atoms with Crippen LogP contribution >= 0.6 is 15.9 Å². The predicted molar refractivity (Wildman–Crippen MR) is 118 cm³/mol. The molecule has 0 bridgehead atoms. The van der Waals surface area contributed by atoms with E-state index in [9.17, 15) is 4.79 Å². The highest BCUT2D eigenvalue weighted by Crippen LogP contribution is 2.29. The monoisotopic (exact) mass is 460 g/mol. The molecule has 0 radical (unpaired) electrons. The zero-order chi connectivity index (χ0) is 21.0. The summed E-state index contributed by atoms with van der Waals surface area (Å²) in [6.07, 6.45) is -0.249. The first-order valence-corrected chi connectivity index (χ1v) is 10.7. The minimum atomic E-state index is -0.464. The van der Waals surface area contributed by atoms with Crippen LogP contribution in [-0.2, 0) is 17.9 Å². The summed E-state index contributed by atoms with van der Waals surface area (Å²) in [5, 5.41) is 3.53. The number of carbonyl (C=O) groups excluding carboxylic acids is 1. The second-order valence-corrected chi connectivity index (χ2v) is 9.36. The van der Waals surface area contributed by atoms with E-state index >= 15 is 0 Å². The number of benzene rings is 2. The Kier molecular flexibility index (Phi) is 6.85. The van der Waals surface area contributed by atoms with E-state index in [1.165, 1.54) is 0 Å². The van der Waals surface area contributed by atoms with Gasteiger partial charge in [-0.25, -0.2) is 4.79 Å². The number of halogens is 1. The summed E-state index contributed by atoms with van der Waals surface area (Å²) in [7, 11) is 0. The smallest absolute Gasteiger partial charge is 0.410 e. The molecule has 1 N–H and O–H groups in total. The fourth-order valence-corrected chi connectivity index (χ4v) is 3.82. The molecule has 0 aromatic heterocycles. The topological polar surface area (TPSA) is 50.8 Å². The maximum Gasteiger partial charge on any atom is 0.410 e. The number of ether oxygens (including phenoxy) is 2. The van der Waals surface area contributed by atoms with Crippen LogP contribution in [0.5, 0.6) is 5.75 Å². The molecule has 2 aromatic rings. The van der Waals surface area contributed by atoms with Crippen molar-refractivity contribution >= 4 is 22.0 Å². The van der Waals surface area contributed by atoms with E-state index in [0.29, 0.717) is 26.2 Å². The molecule has 1 aliphatic heterocycles. The van der Waals surface area contributed by atoms with Gasteiger partial charge in [0.05, 0.1) is 0 Å². The first kappa shape index (κ1) is 21.7. The van der Waals surface area contributed by atoms with Crippen molar-refractivity contribution in [2.24, 2.45) is 0 Å². The second-order valence-electron chi connectivity index (χ2n) is 8.45. The fourth-order valence-electron chi connectivity index (χ4n) is 3.20. The normalized spacial score (nSPS) is 14.4. The number of hydrogen-bond acceptors (Lipinski definition) is 4. The second kappa shape index (κ2) is 9.18. The van der Waals surface area contributed by atoms with Crippen molar-refractivity contribution in [1.29, 1.82) is 0 Å². The Balaban J connectivity index is 1.56. The van der Waals surface area contributed by atoms with Crippen LogP contribution in [0.25, 0.3) is 0 Å². The van der Waals surface area contributed by atoms with Gasteiger partial charge in [-0.2, -0.15) is 0 Å². The van der Waals surface area contributed by atoms with Crippen LogP contribution < -0.4 is 10.1 Å². The molecule has 1 heterocycles. The molecule has 3 rings (SSSR count). The van der Waals surface area contributed by atoms with Gasteiger partial charge in [0.2, 0.25) is 0 Å². The highest BCUT2D eigenvalue weighted by molar-refractivity contribution is 9.10. The molecule has 1 aliphatic rings. The summed E-state index contributed by atoms with van der Waals surface area (Å²) in [6, 6.07) is 14.6. The van der Waals surface area contributed by atoms with E-state index in [4.69, 9.17) is 9.47 Å². The Labute approximate surface area is 181 Å². The predicted octanol–water partition coefficient (Wildman–Crippen LogP) is 5.05. The van der Waals surface area contributed by atoms with Gasteiger partial charge in [0.1, 0.15) is 18.0 Å². The Morgan fingerprint density at radius 1 is 1.21 bits per heavy atom. The van der Waals surface area contributed by atoms with Crippen molar-refractivity contribution in [3.8, 4) is 5.75 Å². The minimum Gasteiger partial charge on any atom is -0.488 e. The van der Waals surface area contributed by atoms with Gasteiger partial charge in [0.15, 0.2) is 0 Å². The Morgan fingerprint density at radius 3 is 2.55 bits per heavy atom. The third-order valence-corrected chi connectivity index (χ3v) is 5.11. The number of rotatable bonds is 6. The number of aryl methyl sites for hydroxylation is 1. The van der Waals surface area contributed by atoms with E-state index in [1.807, 2.05) is 39.0 Å². The standard InChI is InChI=1S/C23H29BrN2O3/c1-16-10-19(24)11-18(21(16)28-15-17-8-6-5-7-9-17)12-25-20-13-26(14-20)22(27)29-23(2,3)4/h5-11,20,25H,12-15H2,1-4H3. The van der Waals surface area contributed by atoms with Crippen molar-refractivity contribution < 1.29 is 14.3 Å². The lowest BCUT2D eigenvalue weighted by atomic mass is 10.1. The number of amides is 1. The maximum absolute atomic E-state index is 12.1. The van der Waals surface area contributed by atoms with Crippen molar-refractivity contribution in [3.05, 3.63) is 63.6 Å². The zero-order valence-electron chi connectivity index (χ0n) is 17.5. The van der Waals surface area contributed by atoms with Crippen LogP contribution in [0, 0.1) is 6.92 Å². The van der Waals surface area contributed by atoms with E-state index < -0.39 is 5.60 Å². The third kappa shape index (κ3) is 6.21. The quantitative estimate of drug-likeness (QED) is 0.655. The van der Waals surface area contributed by atoms with Crippen molar-refractivity contribution in [2.75, 3.05) is 13.1 Å². The SMILES string of the molecule is Cc1cc(Br)cc(CNC2CN(C(=O)OC(C)(C)C)C2)c1OCc1ccccc1. The van der Waals surface area contributed by atoms with Gasteiger partial charge in [-0.1, -0.05) is 46.3 Å². The molecule has 0 unspecified atom stereocenters. The summed E-state index contributed by atoms with van der Waals surface area (Å²) < 4.78 is 12.6. The molecule has 1 fully saturated rings. The van der Waals surface area contributed by atoms with Crippen LogP contribution in [0.3, 0.4) is 0 Å². The summed E-state index contributed by atoms with van der Waals surface area (Å²) in [6.45, 7) is 10.2. The number of carbonyl (C=O) groups is 1. The van der Waals surface area contributed by atoms with Gasteiger partial charge in [-0.05, 0) is 51.0 Å². The minimum absolute atomic E-state index is 0.249. The summed E-state index contributed by atoms with van der Waals surface area (Å²) in [4.78, 5) is 13.8. The number of hydrogen-bond donors (Lipinski definition) is 1. The molecule has 5 nitrogen and oxygen atoms in total. The first-order chi connectivity index (χ1) is 13.7. The number of nitrogens with one attached hydrogen (secondary N) is 1. The van der Waals surface area contributed by atoms with Crippen molar-refractivity contribution in [1.82, 2.24) is 10.2 Å². The highest BCUT2D eigenvalue weighted by atomic mass is 79.9. The van der Waals surface area contributed by atoms with Gasteiger partial charge in [-0.15, -0.1) is 0 Å². The van der Waals surface area contributed by atoms with Gasteiger partial charge in [0.25, 0.3) is 0 Å². The molecular weight excluding hydrogens is 432 g/mol. The van der Waals surface area contributed by atoms with Crippen molar-refractivity contribution in [2.45, 2.75) is 52.5 Å². The lowest BCUT2D eigenvalue weighted by molar-refractivity contribution is 0.00516. The molecule has 0 spiro atoms. The highest BCUT2D eigenvalue weighted by Gasteiger charge is 2.33. The van der Waals surface area contributed by atoms with E-state index in [0.717, 1.165) is 26.9 Å². The van der Waals surface area contributed by atoms with Gasteiger partial charge in [0, 0.05) is 35.7 Å². The first-order valence-electron chi connectivity index (χ1n) is 9.88. The maximum atomic E-state index is 12.1. The van der Waals surface area contributed by atoms with Gasteiger partial charge in [-0.3, -0.25) is 0 Å². The average molecular weight is 461 g/mol. The summed E-state index contributed by atoms with van der Waals surface area (Å²) in [5.41, 5.74) is 2.87. The Hall–Kier alpha value is -2.05. The van der Waals surface area contributed by atoms with E-state index in [2.05, 4.69) is 52.4 Å². The fraction of sp³-hybridized carbons (Fsp3) is 0.435. The molecule has 156 valence electrons. The largest absolute Gasteiger partial charge is 0.488 e. The number of nitrogens with zero attached hydrogens (tertiary/aromatic N) is 1. The lowest BCUT2D eigenvalue weighted by Crippen LogP contribution is -2.60. The molecule has 0 atom stereocenters. The molecule has 1 saturated heterocycles. The lowest BCUT2D eigenvalue weighted by Gasteiger charge is -2.40.